The predicted molar refractivity (Wildman–Crippen MR) is 254 cm³/mol. The van der Waals surface area contributed by atoms with Gasteiger partial charge in [0.25, 0.3) is 5.91 Å². The summed E-state index contributed by atoms with van der Waals surface area (Å²) >= 11 is 12.2. The minimum absolute atomic E-state index is 0.0202. The monoisotopic (exact) mass is 958 g/mol. The number of aromatic amines is 2. The van der Waals surface area contributed by atoms with Crippen molar-refractivity contribution < 1.29 is 43.6 Å². The molecule has 67 heavy (non-hydrogen) atoms. The Bertz CT molecular complexity index is 2480. The fourth-order valence-electron chi connectivity index (χ4n) is 7.19. The number of hydrogen-bond donors (Lipinski definition) is 6. The summed E-state index contributed by atoms with van der Waals surface area (Å²) in [5.74, 6) is -2.75. The predicted octanol–water partition coefficient (Wildman–Crippen LogP) is 7.58. The standard InChI is InChI=1S/C23H25ClN4O4.C22H28ClNO3.C3H3N3O2/c1-23(14-32-2,22(30)31)12-19(26-21(29)20-13-25-28-27-20)10-15-6-8-16(9-7-15)17-4-3-5-18(24)11-17;1-4-27-21(25)22(2,15-26-3)14-20(24)12-16-8-10-17(11-9-16)18-6-5-7-19(23)13-18;7-3(8)2-1-4-6-5-2/h3-9,11,13,19H,10,12,14H2,1-2H3,(H,26,29)(H,30,31)(H,25,27,28);5-11,13,20H,4,12,14-15,24H2,1-3H3;1H,(H,7,8)(H,4,5,6)/t19-,23+;20-,22+;/m11./s1. The van der Waals surface area contributed by atoms with Gasteiger partial charge in [0.2, 0.25) is 0 Å². The van der Waals surface area contributed by atoms with Crippen molar-refractivity contribution in [3.05, 3.63) is 142 Å². The molecule has 2 aromatic heterocycles. The molecule has 0 bridgehead atoms. The number of amides is 1. The molecule has 0 radical (unpaired) electrons. The van der Waals surface area contributed by atoms with Crippen LogP contribution in [0.4, 0.5) is 0 Å². The van der Waals surface area contributed by atoms with Gasteiger partial charge in [-0.15, -0.1) is 5.10 Å². The second kappa shape index (κ2) is 26.0. The van der Waals surface area contributed by atoms with E-state index in [1.807, 2.05) is 79.7 Å². The molecule has 0 aliphatic carbocycles. The number of aromatic carboxylic acids is 1. The first kappa shape index (κ1) is 53.1. The zero-order chi connectivity index (χ0) is 49.0. The fraction of sp³-hybridized carbons (Fsp3) is 0.333. The topological polar surface area (TPSA) is 258 Å². The molecule has 356 valence electrons. The molecule has 2 heterocycles. The van der Waals surface area contributed by atoms with Crippen LogP contribution in [0.3, 0.4) is 0 Å². The zero-order valence-electron chi connectivity index (χ0n) is 37.9. The number of nitrogens with zero attached hydrogens (tertiary/aromatic N) is 4. The van der Waals surface area contributed by atoms with E-state index < -0.39 is 34.7 Å². The molecule has 0 saturated heterocycles. The quantitative estimate of drug-likeness (QED) is 0.0403. The van der Waals surface area contributed by atoms with Crippen molar-refractivity contribution >= 4 is 47.0 Å². The van der Waals surface area contributed by atoms with Gasteiger partial charge in [0.15, 0.2) is 11.4 Å². The maximum absolute atomic E-state index is 12.6. The molecule has 0 fully saturated rings. The SMILES string of the molecule is CCOC(=O)[C@](C)(COC)C[C@H](N)Cc1ccc(-c2cccc(Cl)c2)cc1.COC[C@](C)(C[C@@H](Cc1ccc(-c2cccc(Cl)c2)cc1)NC(=O)c1cn[nH]n1)C(=O)O.O=C(O)c1cn[nH]n1. The fourth-order valence-corrected chi connectivity index (χ4v) is 7.57. The van der Waals surface area contributed by atoms with Crippen molar-refractivity contribution in [3.63, 3.8) is 0 Å². The molecule has 0 saturated carbocycles. The Hall–Kier alpha value is -6.50. The number of H-pyrrole nitrogens is 2. The summed E-state index contributed by atoms with van der Waals surface area (Å²) in [4.78, 5) is 46.7. The van der Waals surface area contributed by atoms with E-state index in [0.717, 1.165) is 44.6 Å². The van der Waals surface area contributed by atoms with Crippen LogP contribution in [0.25, 0.3) is 22.3 Å². The van der Waals surface area contributed by atoms with Gasteiger partial charge in [0.1, 0.15) is 0 Å². The number of aliphatic carboxylic acids is 1. The smallest absolute Gasteiger partial charge is 0.358 e. The number of esters is 1. The minimum Gasteiger partial charge on any atom is -0.481 e. The van der Waals surface area contributed by atoms with Crippen LogP contribution in [0.5, 0.6) is 0 Å². The van der Waals surface area contributed by atoms with Crippen LogP contribution >= 0.6 is 23.2 Å². The van der Waals surface area contributed by atoms with Crippen LogP contribution in [-0.2, 0) is 36.6 Å². The van der Waals surface area contributed by atoms with Gasteiger partial charge in [-0.05, 0) is 104 Å². The van der Waals surface area contributed by atoms with E-state index >= 15 is 0 Å². The summed E-state index contributed by atoms with van der Waals surface area (Å²) in [6.45, 7) is 5.90. The van der Waals surface area contributed by atoms with Crippen molar-refractivity contribution in [2.45, 2.75) is 58.5 Å². The van der Waals surface area contributed by atoms with Crippen molar-refractivity contribution in [2.24, 2.45) is 16.6 Å². The number of hydrogen-bond acceptors (Lipinski definition) is 12. The molecule has 7 N–H and O–H groups in total. The van der Waals surface area contributed by atoms with Crippen LogP contribution < -0.4 is 11.1 Å². The Kier molecular flexibility index (Phi) is 20.6. The zero-order valence-corrected chi connectivity index (χ0v) is 39.4. The summed E-state index contributed by atoms with van der Waals surface area (Å²) in [6, 6.07) is 30.8. The van der Waals surface area contributed by atoms with Crippen molar-refractivity contribution in [1.82, 2.24) is 36.1 Å². The van der Waals surface area contributed by atoms with E-state index in [9.17, 15) is 24.3 Å². The number of carboxylic acid groups (broad SMARTS) is 2. The van der Waals surface area contributed by atoms with Crippen LogP contribution in [-0.4, -0.2) is 111 Å². The lowest BCUT2D eigenvalue weighted by molar-refractivity contribution is -0.158. The van der Waals surface area contributed by atoms with Crippen LogP contribution in [0.15, 0.2) is 109 Å². The Morgan fingerprint density at radius 2 is 1.19 bits per heavy atom. The van der Waals surface area contributed by atoms with Crippen molar-refractivity contribution in [1.29, 1.82) is 0 Å². The van der Waals surface area contributed by atoms with Crippen LogP contribution in [0.1, 0.15) is 65.7 Å². The number of nitrogens with two attached hydrogens (primary N) is 1. The molecule has 0 aliphatic heterocycles. The molecule has 6 rings (SSSR count). The van der Waals surface area contributed by atoms with Gasteiger partial charge in [-0.1, -0.05) is 96.0 Å². The number of methoxy groups -OCH3 is 2. The molecular weight excluding hydrogens is 903 g/mol. The highest BCUT2D eigenvalue weighted by molar-refractivity contribution is 6.31. The molecule has 0 aliphatic rings. The molecule has 4 aromatic carbocycles. The maximum atomic E-state index is 12.6. The normalized spacial score (nSPS) is 13.5. The number of halogens is 2. The van der Waals surface area contributed by atoms with E-state index in [-0.39, 0.29) is 43.0 Å². The number of rotatable bonds is 20. The van der Waals surface area contributed by atoms with Crippen molar-refractivity contribution in [3.8, 4) is 22.3 Å². The molecular formula is C48H56Cl2N8O9. The summed E-state index contributed by atoms with van der Waals surface area (Å²) in [7, 11) is 3.04. The molecule has 4 atom stereocenters. The average molecular weight is 960 g/mol. The number of aromatic nitrogens is 6. The van der Waals surface area contributed by atoms with Gasteiger partial charge in [-0.25, -0.2) is 4.79 Å². The lowest BCUT2D eigenvalue weighted by atomic mass is 9.82. The summed E-state index contributed by atoms with van der Waals surface area (Å²) < 4.78 is 15.6. The Balaban J connectivity index is 0.000000253. The first-order chi connectivity index (χ1) is 32.0. The minimum atomic E-state index is -1.17. The van der Waals surface area contributed by atoms with E-state index in [1.54, 1.807) is 21.0 Å². The Labute approximate surface area is 398 Å². The molecule has 0 unspecified atom stereocenters. The van der Waals surface area contributed by atoms with E-state index in [4.69, 9.17) is 48.3 Å². The highest BCUT2D eigenvalue weighted by atomic mass is 35.5. The van der Waals surface area contributed by atoms with Gasteiger partial charge in [-0.2, -0.15) is 25.7 Å². The van der Waals surface area contributed by atoms with Gasteiger partial charge in [0.05, 0.1) is 43.0 Å². The first-order valence-electron chi connectivity index (χ1n) is 21.1. The van der Waals surface area contributed by atoms with Gasteiger partial charge < -0.3 is 35.5 Å². The average Bonchev–Trinajstić information content (AvgIpc) is 4.05. The van der Waals surface area contributed by atoms with Crippen LogP contribution in [0, 0.1) is 10.8 Å². The van der Waals surface area contributed by atoms with Crippen LogP contribution in [0.2, 0.25) is 10.0 Å². The summed E-state index contributed by atoms with van der Waals surface area (Å²) in [5.41, 5.74) is 10.8. The van der Waals surface area contributed by atoms with E-state index in [0.29, 0.717) is 30.9 Å². The molecule has 17 nitrogen and oxygen atoms in total. The molecule has 6 aromatic rings. The van der Waals surface area contributed by atoms with Gasteiger partial charge in [0, 0.05) is 36.3 Å². The maximum Gasteiger partial charge on any atom is 0.358 e. The first-order valence-corrected chi connectivity index (χ1v) is 21.8. The number of ether oxygens (including phenoxy) is 3. The van der Waals surface area contributed by atoms with E-state index in [1.165, 1.54) is 13.3 Å². The molecule has 0 spiro atoms. The van der Waals surface area contributed by atoms with Crippen molar-refractivity contribution in [2.75, 3.05) is 34.0 Å². The second-order valence-electron chi connectivity index (χ2n) is 16.2. The van der Waals surface area contributed by atoms with Gasteiger partial charge in [-0.3, -0.25) is 14.4 Å². The lowest BCUT2D eigenvalue weighted by Gasteiger charge is -2.29. The second-order valence-corrected chi connectivity index (χ2v) is 17.1. The third-order valence-corrected chi connectivity index (χ3v) is 10.9. The largest absolute Gasteiger partial charge is 0.481 e. The summed E-state index contributed by atoms with van der Waals surface area (Å²) in [5, 5.41) is 40.8. The number of nitrogens with one attached hydrogen (secondary N) is 3. The Morgan fingerprint density at radius 1 is 0.701 bits per heavy atom. The Morgan fingerprint density at radius 3 is 1.61 bits per heavy atom. The number of carboxylic acids is 2. The third-order valence-electron chi connectivity index (χ3n) is 10.4. The third kappa shape index (κ3) is 16.7. The van der Waals surface area contributed by atoms with E-state index in [2.05, 4.69) is 60.4 Å². The number of carbonyl (C=O) groups is 4. The summed E-state index contributed by atoms with van der Waals surface area (Å²) in [6.07, 6.45) is 4.24. The highest BCUT2D eigenvalue weighted by Crippen LogP contribution is 2.29. The van der Waals surface area contributed by atoms with Gasteiger partial charge >= 0.3 is 17.9 Å². The highest BCUT2D eigenvalue weighted by Gasteiger charge is 2.38. The molecule has 1 amide bonds. The lowest BCUT2D eigenvalue weighted by Crippen LogP contribution is -2.44. The number of benzene rings is 4. The molecule has 19 heteroatoms. The number of carbonyl (C=O) groups excluding carboxylic acids is 2.